The minimum atomic E-state index is -0.602. The van der Waals surface area contributed by atoms with Crippen LogP contribution in [0.3, 0.4) is 0 Å². The lowest BCUT2D eigenvalue weighted by atomic mass is 9.79. The highest BCUT2D eigenvalue weighted by Gasteiger charge is 2.31. The summed E-state index contributed by atoms with van der Waals surface area (Å²) in [5, 5.41) is 13.4. The highest BCUT2D eigenvalue weighted by molar-refractivity contribution is 9.10. The fourth-order valence-corrected chi connectivity index (χ4v) is 2.53. The van der Waals surface area contributed by atoms with Gasteiger partial charge in [0.2, 0.25) is 0 Å². The van der Waals surface area contributed by atoms with Crippen molar-refractivity contribution in [2.24, 2.45) is 5.92 Å². The van der Waals surface area contributed by atoms with Crippen LogP contribution in [0.5, 0.6) is 0 Å². The minimum absolute atomic E-state index is 0.290. The van der Waals surface area contributed by atoms with Crippen LogP contribution < -0.4 is 5.32 Å². The lowest BCUT2D eigenvalue weighted by Gasteiger charge is -2.35. The van der Waals surface area contributed by atoms with Gasteiger partial charge in [0.25, 0.3) is 0 Å². The molecule has 1 aliphatic rings. The Morgan fingerprint density at radius 2 is 2.18 bits per heavy atom. The van der Waals surface area contributed by atoms with Gasteiger partial charge in [-0.3, -0.25) is 4.79 Å². The number of carbonyl (C=O) groups excluding carboxylic acids is 1. The molecule has 1 aliphatic carbocycles. The second-order valence-electron chi connectivity index (χ2n) is 5.03. The van der Waals surface area contributed by atoms with Crippen molar-refractivity contribution in [2.45, 2.75) is 43.0 Å². The van der Waals surface area contributed by atoms with Crippen molar-refractivity contribution < 1.29 is 14.6 Å². The summed E-state index contributed by atoms with van der Waals surface area (Å²) >= 11 is 3.24. The first kappa shape index (κ1) is 14.9. The van der Waals surface area contributed by atoms with Crippen LogP contribution >= 0.6 is 15.9 Å². The number of hydrogen-bond acceptors (Lipinski definition) is 4. The van der Waals surface area contributed by atoms with E-state index in [1.54, 1.807) is 0 Å². The summed E-state index contributed by atoms with van der Waals surface area (Å²) in [6.45, 7) is 3.24. The van der Waals surface area contributed by atoms with Crippen molar-refractivity contribution in [1.82, 2.24) is 5.32 Å². The third-order valence-corrected chi connectivity index (χ3v) is 4.14. The number of aliphatic hydroxyl groups is 1. The summed E-state index contributed by atoms with van der Waals surface area (Å²) in [7, 11) is 1.37. The Balaban J connectivity index is 2.24. The highest BCUT2D eigenvalue weighted by atomic mass is 79.9. The Bertz CT molecular complexity index is 252. The van der Waals surface area contributed by atoms with Crippen molar-refractivity contribution in [3.63, 3.8) is 0 Å². The Labute approximate surface area is 111 Å². The molecule has 0 radical (unpaired) electrons. The molecule has 1 rings (SSSR count). The van der Waals surface area contributed by atoms with E-state index in [-0.39, 0.29) is 10.8 Å². The van der Waals surface area contributed by atoms with Crippen molar-refractivity contribution in [3.05, 3.63) is 0 Å². The summed E-state index contributed by atoms with van der Waals surface area (Å²) in [4.78, 5) is 10.8. The third-order valence-electron chi connectivity index (χ3n) is 3.44. The molecule has 0 aromatic carbocycles. The predicted molar refractivity (Wildman–Crippen MR) is 70.2 cm³/mol. The van der Waals surface area contributed by atoms with E-state index in [4.69, 9.17) is 0 Å². The number of rotatable bonds is 5. The lowest BCUT2D eigenvalue weighted by molar-refractivity contribution is -0.139. The molecule has 0 spiro atoms. The number of hydrogen-bond donors (Lipinski definition) is 2. The number of nitrogens with one attached hydrogen (secondary N) is 1. The van der Waals surface area contributed by atoms with E-state index in [1.807, 2.05) is 0 Å². The average molecular weight is 308 g/mol. The SMILES string of the molecule is COC(=O)C(Br)CNCC1(O)CCC(C)CC1. The predicted octanol–water partition coefficient (Wildman–Crippen LogP) is 1.45. The van der Waals surface area contributed by atoms with Crippen LogP contribution in [0.4, 0.5) is 0 Å². The number of alkyl halides is 1. The average Bonchev–Trinajstić information content (AvgIpc) is 2.32. The molecule has 4 nitrogen and oxygen atoms in total. The first-order chi connectivity index (χ1) is 7.97. The van der Waals surface area contributed by atoms with Crippen LogP contribution in [-0.4, -0.2) is 41.7 Å². The largest absolute Gasteiger partial charge is 0.468 e. The fraction of sp³-hybridized carbons (Fsp3) is 0.917. The minimum Gasteiger partial charge on any atom is -0.468 e. The van der Waals surface area contributed by atoms with E-state index in [1.165, 1.54) is 7.11 Å². The van der Waals surface area contributed by atoms with Gasteiger partial charge in [0.1, 0.15) is 4.83 Å². The van der Waals surface area contributed by atoms with Gasteiger partial charge in [-0.05, 0) is 31.6 Å². The normalized spacial score (nSPS) is 30.9. The zero-order valence-corrected chi connectivity index (χ0v) is 12.1. The molecule has 1 unspecified atom stereocenters. The molecule has 2 N–H and O–H groups in total. The second kappa shape index (κ2) is 6.71. The van der Waals surface area contributed by atoms with Gasteiger partial charge >= 0.3 is 5.97 Å². The zero-order valence-electron chi connectivity index (χ0n) is 10.5. The zero-order chi connectivity index (χ0) is 12.9. The Morgan fingerprint density at radius 3 is 2.71 bits per heavy atom. The molecular formula is C12H22BrNO3. The smallest absolute Gasteiger partial charge is 0.320 e. The van der Waals surface area contributed by atoms with Gasteiger partial charge in [-0.1, -0.05) is 22.9 Å². The number of halogens is 1. The second-order valence-corrected chi connectivity index (χ2v) is 6.13. The number of methoxy groups -OCH3 is 1. The van der Waals surface area contributed by atoms with Crippen LogP contribution in [0.15, 0.2) is 0 Å². The molecular weight excluding hydrogens is 286 g/mol. The summed E-state index contributed by atoms with van der Waals surface area (Å²) in [5.41, 5.74) is -0.602. The van der Waals surface area contributed by atoms with Crippen molar-refractivity contribution in [2.75, 3.05) is 20.2 Å². The summed E-state index contributed by atoms with van der Waals surface area (Å²) in [6.07, 6.45) is 3.83. The molecule has 0 bridgehead atoms. The van der Waals surface area contributed by atoms with Crippen LogP contribution in [0.1, 0.15) is 32.6 Å². The maximum Gasteiger partial charge on any atom is 0.320 e. The van der Waals surface area contributed by atoms with Gasteiger partial charge in [-0.25, -0.2) is 0 Å². The van der Waals surface area contributed by atoms with E-state index in [0.717, 1.165) is 25.7 Å². The van der Waals surface area contributed by atoms with E-state index >= 15 is 0 Å². The van der Waals surface area contributed by atoms with Gasteiger partial charge in [-0.2, -0.15) is 0 Å². The molecule has 0 saturated heterocycles. The maximum absolute atomic E-state index is 11.1. The number of carbonyl (C=O) groups is 1. The maximum atomic E-state index is 11.1. The topological polar surface area (TPSA) is 58.6 Å². The molecule has 0 heterocycles. The first-order valence-corrected chi connectivity index (χ1v) is 7.03. The van der Waals surface area contributed by atoms with Crippen LogP contribution in [0.2, 0.25) is 0 Å². The third kappa shape index (κ3) is 4.94. The van der Waals surface area contributed by atoms with Gasteiger partial charge in [0.15, 0.2) is 0 Å². The van der Waals surface area contributed by atoms with Crippen molar-refractivity contribution in [1.29, 1.82) is 0 Å². The van der Waals surface area contributed by atoms with E-state index in [9.17, 15) is 9.90 Å². The summed E-state index contributed by atoms with van der Waals surface area (Å²) in [6, 6.07) is 0. The van der Waals surface area contributed by atoms with E-state index in [0.29, 0.717) is 19.0 Å². The summed E-state index contributed by atoms with van der Waals surface area (Å²) in [5.74, 6) is 0.427. The molecule has 1 atom stereocenters. The molecule has 0 aromatic rings. The Kier molecular flexibility index (Phi) is 5.89. The Morgan fingerprint density at radius 1 is 1.59 bits per heavy atom. The molecule has 17 heavy (non-hydrogen) atoms. The van der Waals surface area contributed by atoms with Gasteiger partial charge in [0, 0.05) is 13.1 Å². The quantitative estimate of drug-likeness (QED) is 0.596. The van der Waals surface area contributed by atoms with Crippen LogP contribution in [0, 0.1) is 5.92 Å². The van der Waals surface area contributed by atoms with Gasteiger partial charge < -0.3 is 15.2 Å². The molecule has 100 valence electrons. The molecule has 0 aliphatic heterocycles. The molecule has 5 heteroatoms. The Hall–Kier alpha value is -0.130. The first-order valence-electron chi connectivity index (χ1n) is 6.12. The van der Waals surface area contributed by atoms with E-state index in [2.05, 4.69) is 32.9 Å². The molecule has 0 aromatic heterocycles. The van der Waals surface area contributed by atoms with Crippen molar-refractivity contribution >= 4 is 21.9 Å². The molecule has 1 fully saturated rings. The van der Waals surface area contributed by atoms with E-state index < -0.39 is 5.60 Å². The standard InChI is InChI=1S/C12H22BrNO3/c1-9-3-5-12(16,6-4-9)8-14-7-10(13)11(15)17-2/h9-10,14,16H,3-8H2,1-2H3. The number of ether oxygens (including phenoxy) is 1. The van der Waals surface area contributed by atoms with Crippen molar-refractivity contribution in [3.8, 4) is 0 Å². The van der Waals surface area contributed by atoms with Crippen LogP contribution in [0.25, 0.3) is 0 Å². The highest BCUT2D eigenvalue weighted by Crippen LogP contribution is 2.31. The molecule has 1 saturated carbocycles. The van der Waals surface area contributed by atoms with Gasteiger partial charge in [0.05, 0.1) is 12.7 Å². The monoisotopic (exact) mass is 307 g/mol. The van der Waals surface area contributed by atoms with Crippen LogP contribution in [-0.2, 0) is 9.53 Å². The summed E-state index contributed by atoms with van der Waals surface area (Å²) < 4.78 is 4.61. The fourth-order valence-electron chi connectivity index (χ4n) is 2.12. The van der Waals surface area contributed by atoms with Gasteiger partial charge in [-0.15, -0.1) is 0 Å². The lowest BCUT2D eigenvalue weighted by Crippen LogP contribution is -2.45. The molecule has 0 amide bonds. The number of esters is 1.